The Morgan fingerprint density at radius 2 is 1.78 bits per heavy atom. The maximum Gasteiger partial charge on any atom is 0.276 e. The van der Waals surface area contributed by atoms with Crippen LogP contribution in [0.1, 0.15) is 13.8 Å². The average Bonchev–Trinajstić information content (AvgIpc) is 3.19. The van der Waals surface area contributed by atoms with Crippen molar-refractivity contribution in [3.63, 3.8) is 0 Å². The quantitative estimate of drug-likeness (QED) is 0.533. The van der Waals surface area contributed by atoms with Crippen molar-refractivity contribution in [2.45, 2.75) is 20.0 Å². The Morgan fingerprint density at radius 1 is 0.889 bits per heavy atom. The summed E-state index contributed by atoms with van der Waals surface area (Å²) in [6.07, 6.45) is 8.35. The average molecular weight is 360 g/mol. The highest BCUT2D eigenvalue weighted by Crippen LogP contribution is 2.24. The van der Waals surface area contributed by atoms with Crippen LogP contribution in [0.4, 0.5) is 0 Å². The molecular formula is C19H16N6O2. The van der Waals surface area contributed by atoms with Crippen LogP contribution in [0.3, 0.4) is 0 Å². The lowest BCUT2D eigenvalue weighted by atomic mass is 10.2. The van der Waals surface area contributed by atoms with Gasteiger partial charge in [-0.2, -0.15) is 4.98 Å². The van der Waals surface area contributed by atoms with Crippen LogP contribution < -0.4 is 4.74 Å². The van der Waals surface area contributed by atoms with E-state index in [-0.39, 0.29) is 6.10 Å². The van der Waals surface area contributed by atoms with Crippen LogP contribution in [0.5, 0.6) is 5.75 Å². The van der Waals surface area contributed by atoms with Gasteiger partial charge in [0.05, 0.1) is 18.0 Å². The molecular weight excluding hydrogens is 344 g/mol. The van der Waals surface area contributed by atoms with Gasteiger partial charge in [-0.25, -0.2) is 0 Å². The molecule has 4 rings (SSSR count). The Morgan fingerprint density at radius 3 is 2.52 bits per heavy atom. The summed E-state index contributed by atoms with van der Waals surface area (Å²) in [7, 11) is 0. The zero-order chi connectivity index (χ0) is 18.6. The van der Waals surface area contributed by atoms with Crippen LogP contribution in [-0.2, 0) is 0 Å². The van der Waals surface area contributed by atoms with E-state index >= 15 is 0 Å². The number of ether oxygens (including phenoxy) is 1. The third-order valence-corrected chi connectivity index (χ3v) is 3.60. The fourth-order valence-electron chi connectivity index (χ4n) is 2.43. The molecule has 0 aliphatic heterocycles. The van der Waals surface area contributed by atoms with Gasteiger partial charge in [0.15, 0.2) is 0 Å². The van der Waals surface area contributed by atoms with Gasteiger partial charge in [0, 0.05) is 36.4 Å². The Kier molecular flexibility index (Phi) is 4.52. The van der Waals surface area contributed by atoms with Crippen LogP contribution in [0.15, 0.2) is 59.8 Å². The highest BCUT2D eigenvalue weighted by atomic mass is 16.5. The smallest absolute Gasteiger partial charge is 0.276 e. The number of hydrogen-bond donors (Lipinski definition) is 0. The van der Waals surface area contributed by atoms with Crippen LogP contribution >= 0.6 is 0 Å². The van der Waals surface area contributed by atoms with E-state index in [2.05, 4.69) is 30.1 Å². The molecule has 0 aliphatic rings. The molecule has 0 fully saturated rings. The predicted octanol–water partition coefficient (Wildman–Crippen LogP) is 3.44. The fraction of sp³-hybridized carbons (Fsp3) is 0.158. The van der Waals surface area contributed by atoms with Crippen LogP contribution in [0.2, 0.25) is 0 Å². The minimum atomic E-state index is 0.0677. The predicted molar refractivity (Wildman–Crippen MR) is 97.5 cm³/mol. The molecule has 0 amide bonds. The molecule has 0 bridgehead atoms. The largest absolute Gasteiger partial charge is 0.491 e. The second kappa shape index (κ2) is 7.28. The van der Waals surface area contributed by atoms with E-state index in [1.807, 2.05) is 19.9 Å². The molecule has 4 heterocycles. The number of pyridine rings is 2. The lowest BCUT2D eigenvalue weighted by molar-refractivity contribution is 0.242. The molecule has 4 aromatic rings. The van der Waals surface area contributed by atoms with Gasteiger partial charge < -0.3 is 9.26 Å². The van der Waals surface area contributed by atoms with Gasteiger partial charge in [-0.05, 0) is 32.0 Å². The summed E-state index contributed by atoms with van der Waals surface area (Å²) in [6.45, 7) is 3.92. The highest BCUT2D eigenvalue weighted by Gasteiger charge is 2.14. The maximum absolute atomic E-state index is 5.67. The van der Waals surface area contributed by atoms with E-state index in [4.69, 9.17) is 9.26 Å². The van der Waals surface area contributed by atoms with E-state index in [9.17, 15) is 0 Å². The van der Waals surface area contributed by atoms with E-state index in [1.54, 1.807) is 49.2 Å². The Labute approximate surface area is 155 Å². The summed E-state index contributed by atoms with van der Waals surface area (Å²) in [4.78, 5) is 21.3. The molecule has 0 unspecified atom stereocenters. The minimum absolute atomic E-state index is 0.0677. The van der Waals surface area contributed by atoms with Crippen molar-refractivity contribution in [1.82, 2.24) is 30.1 Å². The summed E-state index contributed by atoms with van der Waals surface area (Å²) in [5.74, 6) is 1.39. The van der Waals surface area contributed by atoms with Crippen molar-refractivity contribution in [1.29, 1.82) is 0 Å². The Bertz CT molecular complexity index is 1030. The third kappa shape index (κ3) is 3.79. The van der Waals surface area contributed by atoms with E-state index < -0.39 is 0 Å². The van der Waals surface area contributed by atoms with E-state index in [1.165, 1.54) is 0 Å². The standard InChI is InChI=1S/C19H16N6O2/c1-12(2)26-14-5-6-21-16(9-14)18-24-19(27-25-18)15-4-3-13(10-23-15)17-11-20-7-8-22-17/h3-12H,1-2H3. The van der Waals surface area contributed by atoms with Crippen LogP contribution in [-0.4, -0.2) is 36.2 Å². The Hall–Kier alpha value is -3.68. The van der Waals surface area contributed by atoms with Crippen molar-refractivity contribution >= 4 is 0 Å². The van der Waals surface area contributed by atoms with Crippen LogP contribution in [0, 0.1) is 0 Å². The lowest BCUT2D eigenvalue weighted by Gasteiger charge is -2.09. The van der Waals surface area contributed by atoms with Gasteiger partial charge in [0.1, 0.15) is 17.1 Å². The minimum Gasteiger partial charge on any atom is -0.491 e. The van der Waals surface area contributed by atoms with Crippen molar-refractivity contribution in [2.75, 3.05) is 0 Å². The summed E-state index contributed by atoms with van der Waals surface area (Å²) < 4.78 is 11.0. The summed E-state index contributed by atoms with van der Waals surface area (Å²) in [5.41, 5.74) is 2.73. The second-order valence-corrected chi connectivity index (χ2v) is 5.99. The van der Waals surface area contributed by atoms with Gasteiger partial charge >= 0.3 is 0 Å². The maximum atomic E-state index is 5.67. The topological polar surface area (TPSA) is 99.7 Å². The van der Waals surface area contributed by atoms with E-state index in [0.717, 1.165) is 11.3 Å². The molecule has 0 radical (unpaired) electrons. The third-order valence-electron chi connectivity index (χ3n) is 3.60. The number of hydrogen-bond acceptors (Lipinski definition) is 8. The number of nitrogens with zero attached hydrogens (tertiary/aromatic N) is 6. The highest BCUT2D eigenvalue weighted by molar-refractivity contribution is 5.61. The van der Waals surface area contributed by atoms with E-state index in [0.29, 0.717) is 28.9 Å². The molecule has 0 aromatic carbocycles. The molecule has 0 aliphatic carbocycles. The first-order chi connectivity index (χ1) is 13.2. The fourth-order valence-corrected chi connectivity index (χ4v) is 2.43. The first-order valence-corrected chi connectivity index (χ1v) is 8.38. The number of aromatic nitrogens is 6. The monoisotopic (exact) mass is 360 g/mol. The zero-order valence-corrected chi connectivity index (χ0v) is 14.8. The summed E-state index contributed by atoms with van der Waals surface area (Å²) in [6, 6.07) is 7.25. The molecule has 0 N–H and O–H groups in total. The molecule has 8 nitrogen and oxygen atoms in total. The lowest BCUT2D eigenvalue weighted by Crippen LogP contribution is -2.05. The molecule has 134 valence electrons. The van der Waals surface area contributed by atoms with Crippen molar-refractivity contribution in [3.8, 4) is 40.1 Å². The molecule has 0 saturated heterocycles. The van der Waals surface area contributed by atoms with Crippen LogP contribution in [0.25, 0.3) is 34.4 Å². The van der Waals surface area contributed by atoms with Crippen molar-refractivity contribution in [2.24, 2.45) is 0 Å². The SMILES string of the molecule is CC(C)Oc1ccnc(-c2noc(-c3ccc(-c4cnccn4)cn3)n2)c1. The molecule has 0 atom stereocenters. The van der Waals surface area contributed by atoms with Gasteiger partial charge in [-0.3, -0.25) is 19.9 Å². The first-order valence-electron chi connectivity index (χ1n) is 8.38. The normalized spacial score (nSPS) is 10.9. The molecule has 27 heavy (non-hydrogen) atoms. The van der Waals surface area contributed by atoms with Gasteiger partial charge in [-0.1, -0.05) is 5.16 Å². The number of rotatable bonds is 5. The van der Waals surface area contributed by atoms with Gasteiger partial charge in [-0.15, -0.1) is 0 Å². The van der Waals surface area contributed by atoms with Gasteiger partial charge in [0.2, 0.25) is 5.82 Å². The van der Waals surface area contributed by atoms with Gasteiger partial charge in [0.25, 0.3) is 5.89 Å². The molecule has 4 aromatic heterocycles. The molecule has 0 spiro atoms. The molecule has 8 heteroatoms. The second-order valence-electron chi connectivity index (χ2n) is 5.99. The first kappa shape index (κ1) is 16.8. The summed E-state index contributed by atoms with van der Waals surface area (Å²) >= 11 is 0. The zero-order valence-electron chi connectivity index (χ0n) is 14.8. The summed E-state index contributed by atoms with van der Waals surface area (Å²) in [5, 5.41) is 4.00. The Balaban J connectivity index is 1.58. The molecule has 0 saturated carbocycles. The van der Waals surface area contributed by atoms with Crippen molar-refractivity contribution in [3.05, 3.63) is 55.2 Å². The van der Waals surface area contributed by atoms with Crippen molar-refractivity contribution < 1.29 is 9.26 Å².